The van der Waals surface area contributed by atoms with Gasteiger partial charge in [0.1, 0.15) is 5.82 Å². The van der Waals surface area contributed by atoms with E-state index in [0.29, 0.717) is 44.0 Å². The minimum atomic E-state index is -3.14. The van der Waals surface area contributed by atoms with Crippen molar-refractivity contribution in [3.8, 4) is 0 Å². The number of hydrogen-bond acceptors (Lipinski definition) is 5. The number of hydrogen-bond donors (Lipinski definition) is 1. The first-order chi connectivity index (χ1) is 15.2. The van der Waals surface area contributed by atoms with Crippen LogP contribution < -0.4 is 5.32 Å². The van der Waals surface area contributed by atoms with E-state index in [0.717, 1.165) is 29.0 Å². The maximum Gasteiger partial charge on any atom is 0.255 e. The topological polar surface area (TPSA) is 87.5 Å². The van der Waals surface area contributed by atoms with Crippen molar-refractivity contribution in [2.75, 3.05) is 37.8 Å². The van der Waals surface area contributed by atoms with Crippen molar-refractivity contribution in [3.05, 3.63) is 59.4 Å². The van der Waals surface area contributed by atoms with Gasteiger partial charge in [-0.05, 0) is 44.2 Å². The van der Waals surface area contributed by atoms with Gasteiger partial charge in [-0.1, -0.05) is 17.7 Å². The number of imidazole rings is 1. The van der Waals surface area contributed by atoms with Gasteiger partial charge in [0.25, 0.3) is 5.91 Å². The number of carbonyl (C=O) groups excluding carboxylic acids is 1. The standard InChI is InChI=1S/C23H29N5O3S/c1-4-28-21-10-9-19(24-23(29)18-7-5-17(2)6-8-18)15-20(21)25-22(28)16-26-11-13-27(14-12-26)32(3,30)31/h5-10,15H,4,11-14,16H2,1-3H3,(H,24,29). The Morgan fingerprint density at radius 3 is 2.38 bits per heavy atom. The second-order valence-corrected chi connectivity index (χ2v) is 10.2. The second kappa shape index (κ2) is 9.01. The van der Waals surface area contributed by atoms with Crippen LogP contribution in [0.5, 0.6) is 0 Å². The lowest BCUT2D eigenvalue weighted by atomic mass is 10.1. The van der Waals surface area contributed by atoms with Crippen molar-refractivity contribution in [1.29, 1.82) is 0 Å². The fraction of sp³-hybridized carbons (Fsp3) is 0.391. The Morgan fingerprint density at radius 1 is 1.06 bits per heavy atom. The lowest BCUT2D eigenvalue weighted by Gasteiger charge is -2.32. The number of carbonyl (C=O) groups is 1. The smallest absolute Gasteiger partial charge is 0.255 e. The lowest BCUT2D eigenvalue weighted by Crippen LogP contribution is -2.48. The largest absolute Gasteiger partial charge is 0.327 e. The Hall–Kier alpha value is -2.75. The van der Waals surface area contributed by atoms with E-state index >= 15 is 0 Å². The Kier molecular flexibility index (Phi) is 6.32. The highest BCUT2D eigenvalue weighted by Gasteiger charge is 2.24. The summed E-state index contributed by atoms with van der Waals surface area (Å²) in [5, 5.41) is 2.96. The predicted molar refractivity (Wildman–Crippen MR) is 126 cm³/mol. The van der Waals surface area contributed by atoms with Gasteiger partial charge in [-0.2, -0.15) is 4.31 Å². The zero-order valence-electron chi connectivity index (χ0n) is 18.7. The number of aromatic nitrogens is 2. The predicted octanol–water partition coefficient (Wildman–Crippen LogP) is 2.69. The summed E-state index contributed by atoms with van der Waals surface area (Å²) in [4.78, 5) is 19.6. The third-order valence-electron chi connectivity index (χ3n) is 5.88. The lowest BCUT2D eigenvalue weighted by molar-refractivity contribution is 0.102. The van der Waals surface area contributed by atoms with Gasteiger partial charge in [0.05, 0.1) is 23.8 Å². The van der Waals surface area contributed by atoms with Crippen LogP contribution in [0.25, 0.3) is 11.0 Å². The molecule has 1 fully saturated rings. The summed E-state index contributed by atoms with van der Waals surface area (Å²) in [5.41, 5.74) is 4.28. The molecular weight excluding hydrogens is 426 g/mol. The number of sulfonamides is 1. The molecule has 0 radical (unpaired) electrons. The molecule has 3 aromatic rings. The van der Waals surface area contributed by atoms with Gasteiger partial charge < -0.3 is 9.88 Å². The molecule has 32 heavy (non-hydrogen) atoms. The summed E-state index contributed by atoms with van der Waals surface area (Å²) >= 11 is 0. The highest BCUT2D eigenvalue weighted by atomic mass is 32.2. The number of anilines is 1. The van der Waals surface area contributed by atoms with E-state index in [1.54, 1.807) is 0 Å². The number of rotatable bonds is 6. The molecule has 4 rings (SSSR count). The van der Waals surface area contributed by atoms with Crippen molar-refractivity contribution in [3.63, 3.8) is 0 Å². The summed E-state index contributed by atoms with van der Waals surface area (Å²) in [5.74, 6) is 0.792. The maximum atomic E-state index is 12.6. The Labute approximate surface area is 188 Å². The van der Waals surface area contributed by atoms with E-state index in [9.17, 15) is 13.2 Å². The van der Waals surface area contributed by atoms with E-state index in [1.807, 2.05) is 49.4 Å². The monoisotopic (exact) mass is 455 g/mol. The zero-order valence-corrected chi connectivity index (χ0v) is 19.5. The van der Waals surface area contributed by atoms with Gasteiger partial charge in [-0.15, -0.1) is 0 Å². The molecular formula is C23H29N5O3S. The molecule has 0 aliphatic carbocycles. The molecule has 9 heteroatoms. The van der Waals surface area contributed by atoms with Gasteiger partial charge in [0.15, 0.2) is 0 Å². The number of benzene rings is 2. The SMILES string of the molecule is CCn1c(CN2CCN(S(C)(=O)=O)CC2)nc2cc(NC(=O)c3ccc(C)cc3)ccc21. The summed E-state index contributed by atoms with van der Waals surface area (Å²) in [6, 6.07) is 13.3. The third kappa shape index (κ3) is 4.85. The van der Waals surface area contributed by atoms with Crippen LogP contribution in [0.15, 0.2) is 42.5 Å². The van der Waals surface area contributed by atoms with Gasteiger partial charge in [0, 0.05) is 44.0 Å². The van der Waals surface area contributed by atoms with Crippen LogP contribution in [0, 0.1) is 6.92 Å². The van der Waals surface area contributed by atoms with Crippen LogP contribution in [0.1, 0.15) is 28.7 Å². The Bertz CT molecular complexity index is 1230. The molecule has 0 unspecified atom stereocenters. The zero-order chi connectivity index (χ0) is 22.9. The van der Waals surface area contributed by atoms with Crippen LogP contribution in [0.4, 0.5) is 5.69 Å². The van der Waals surface area contributed by atoms with E-state index in [4.69, 9.17) is 4.98 Å². The molecule has 1 amide bonds. The van der Waals surface area contributed by atoms with E-state index < -0.39 is 10.0 Å². The molecule has 1 saturated heterocycles. The highest BCUT2D eigenvalue weighted by Crippen LogP contribution is 2.22. The van der Waals surface area contributed by atoms with Crippen LogP contribution in [-0.2, 0) is 23.1 Å². The number of amides is 1. The number of nitrogens with one attached hydrogen (secondary N) is 1. The normalized spacial score (nSPS) is 15.8. The fourth-order valence-electron chi connectivity index (χ4n) is 4.06. The molecule has 0 atom stereocenters. The minimum Gasteiger partial charge on any atom is -0.327 e. The Balaban J connectivity index is 1.50. The molecule has 170 valence electrons. The number of aryl methyl sites for hydroxylation is 2. The van der Waals surface area contributed by atoms with Crippen molar-refractivity contribution < 1.29 is 13.2 Å². The molecule has 1 N–H and O–H groups in total. The maximum absolute atomic E-state index is 12.6. The third-order valence-corrected chi connectivity index (χ3v) is 7.18. The fourth-order valence-corrected chi connectivity index (χ4v) is 4.89. The molecule has 1 aliphatic rings. The van der Waals surface area contributed by atoms with Crippen molar-refractivity contribution in [2.45, 2.75) is 26.9 Å². The summed E-state index contributed by atoms with van der Waals surface area (Å²) in [7, 11) is -3.14. The molecule has 0 bridgehead atoms. The van der Waals surface area contributed by atoms with Crippen molar-refractivity contribution >= 4 is 32.7 Å². The molecule has 1 aliphatic heterocycles. The summed E-state index contributed by atoms with van der Waals surface area (Å²) in [6.07, 6.45) is 1.26. The molecule has 0 saturated carbocycles. The highest BCUT2D eigenvalue weighted by molar-refractivity contribution is 7.88. The van der Waals surface area contributed by atoms with Crippen LogP contribution in [-0.4, -0.2) is 65.5 Å². The van der Waals surface area contributed by atoms with Gasteiger partial charge in [-0.25, -0.2) is 13.4 Å². The van der Waals surface area contributed by atoms with E-state index in [2.05, 4.69) is 21.7 Å². The summed E-state index contributed by atoms with van der Waals surface area (Å²) in [6.45, 7) is 7.87. The van der Waals surface area contributed by atoms with Crippen molar-refractivity contribution in [1.82, 2.24) is 18.8 Å². The molecule has 8 nitrogen and oxygen atoms in total. The number of fused-ring (bicyclic) bond motifs is 1. The van der Waals surface area contributed by atoms with Gasteiger partial charge >= 0.3 is 0 Å². The molecule has 0 spiro atoms. The number of piperazine rings is 1. The molecule has 2 aromatic carbocycles. The van der Waals surface area contributed by atoms with E-state index in [1.165, 1.54) is 10.6 Å². The van der Waals surface area contributed by atoms with Crippen LogP contribution in [0.3, 0.4) is 0 Å². The Morgan fingerprint density at radius 2 is 1.75 bits per heavy atom. The first-order valence-corrected chi connectivity index (χ1v) is 12.6. The average Bonchev–Trinajstić information content (AvgIpc) is 3.10. The summed E-state index contributed by atoms with van der Waals surface area (Å²) < 4.78 is 27.2. The second-order valence-electron chi connectivity index (χ2n) is 8.23. The van der Waals surface area contributed by atoms with Gasteiger partial charge in [-0.3, -0.25) is 9.69 Å². The molecule has 2 heterocycles. The average molecular weight is 456 g/mol. The first-order valence-electron chi connectivity index (χ1n) is 10.8. The van der Waals surface area contributed by atoms with Gasteiger partial charge in [0.2, 0.25) is 10.0 Å². The van der Waals surface area contributed by atoms with E-state index in [-0.39, 0.29) is 5.91 Å². The van der Waals surface area contributed by atoms with Crippen molar-refractivity contribution in [2.24, 2.45) is 0 Å². The minimum absolute atomic E-state index is 0.150. The van der Waals surface area contributed by atoms with Crippen LogP contribution >= 0.6 is 0 Å². The number of nitrogens with zero attached hydrogens (tertiary/aromatic N) is 4. The first kappa shape index (κ1) is 22.4. The van der Waals surface area contributed by atoms with Crippen LogP contribution in [0.2, 0.25) is 0 Å². The quantitative estimate of drug-likeness (QED) is 0.618. The molecule has 1 aromatic heterocycles.